The Labute approximate surface area is 123 Å². The second-order valence-electron chi connectivity index (χ2n) is 5.22. The normalized spacial score (nSPS) is 12.4. The number of benzene rings is 1. The van der Waals surface area contributed by atoms with Crippen LogP contribution < -0.4 is 0 Å². The Morgan fingerprint density at radius 3 is 2.43 bits per heavy atom. The van der Waals surface area contributed by atoms with E-state index in [-0.39, 0.29) is 6.42 Å². The first kappa shape index (κ1) is 15.3. The molecule has 0 unspecified atom stereocenters. The number of aliphatic carboxylic acids is 1. The van der Waals surface area contributed by atoms with Crippen LogP contribution in [0.2, 0.25) is 0 Å². The van der Waals surface area contributed by atoms with Crippen LogP contribution in [-0.2, 0) is 11.2 Å². The van der Waals surface area contributed by atoms with Crippen molar-refractivity contribution in [3.05, 3.63) is 46.8 Å². The van der Waals surface area contributed by atoms with E-state index in [1.807, 2.05) is 42.8 Å². The van der Waals surface area contributed by atoms with Gasteiger partial charge in [-0.25, -0.2) is 4.68 Å². The maximum absolute atomic E-state index is 10.7. The summed E-state index contributed by atoms with van der Waals surface area (Å²) >= 11 is 0. The van der Waals surface area contributed by atoms with Gasteiger partial charge in [-0.2, -0.15) is 5.10 Å². The summed E-state index contributed by atoms with van der Waals surface area (Å²) in [6.45, 7) is 5.56. The molecule has 2 rings (SSSR count). The molecule has 1 aromatic carbocycles. The highest BCUT2D eigenvalue weighted by molar-refractivity contribution is 5.67. The molecule has 112 valence electrons. The van der Waals surface area contributed by atoms with Crippen LogP contribution in [-0.4, -0.2) is 26.0 Å². The number of carboxylic acids is 1. The number of hydrogen-bond acceptors (Lipinski definition) is 3. The minimum Gasteiger partial charge on any atom is -0.481 e. The van der Waals surface area contributed by atoms with E-state index in [1.165, 1.54) is 0 Å². The van der Waals surface area contributed by atoms with Gasteiger partial charge < -0.3 is 10.2 Å². The molecule has 0 aliphatic carbocycles. The monoisotopic (exact) mass is 288 g/mol. The highest BCUT2D eigenvalue weighted by Crippen LogP contribution is 2.21. The van der Waals surface area contributed by atoms with Gasteiger partial charge in [0.1, 0.15) is 0 Å². The molecular formula is C16H20N2O3. The maximum atomic E-state index is 10.7. The lowest BCUT2D eigenvalue weighted by atomic mass is 10.1. The van der Waals surface area contributed by atoms with Crippen LogP contribution in [0.4, 0.5) is 0 Å². The average Bonchev–Trinajstić information content (AvgIpc) is 2.72. The van der Waals surface area contributed by atoms with Crippen molar-refractivity contribution in [1.82, 2.24) is 9.78 Å². The second kappa shape index (κ2) is 6.10. The number of carbonyl (C=O) groups is 1. The molecule has 0 radical (unpaired) electrons. The first-order valence-corrected chi connectivity index (χ1v) is 6.95. The summed E-state index contributed by atoms with van der Waals surface area (Å²) in [5.41, 5.74) is 4.55. The van der Waals surface area contributed by atoms with Crippen molar-refractivity contribution >= 4 is 5.97 Å². The SMILES string of the molecule is Cc1nn(-c2ccc([C@H](C)O)cc2)c(C)c1CCC(=O)O. The van der Waals surface area contributed by atoms with E-state index in [0.29, 0.717) is 6.42 Å². The fourth-order valence-electron chi connectivity index (χ4n) is 2.41. The maximum Gasteiger partial charge on any atom is 0.303 e. The van der Waals surface area contributed by atoms with Crippen molar-refractivity contribution in [2.75, 3.05) is 0 Å². The molecule has 1 heterocycles. The van der Waals surface area contributed by atoms with Crippen LogP contribution >= 0.6 is 0 Å². The predicted molar refractivity (Wildman–Crippen MR) is 79.6 cm³/mol. The molecule has 1 atom stereocenters. The highest BCUT2D eigenvalue weighted by Gasteiger charge is 2.14. The Morgan fingerprint density at radius 1 is 1.29 bits per heavy atom. The first-order chi connectivity index (χ1) is 9.90. The van der Waals surface area contributed by atoms with Gasteiger partial charge in [0, 0.05) is 12.1 Å². The van der Waals surface area contributed by atoms with Crippen LogP contribution in [0.15, 0.2) is 24.3 Å². The topological polar surface area (TPSA) is 75.3 Å². The molecular weight excluding hydrogens is 268 g/mol. The quantitative estimate of drug-likeness (QED) is 0.886. The molecule has 21 heavy (non-hydrogen) atoms. The number of nitrogens with zero attached hydrogens (tertiary/aromatic N) is 2. The van der Waals surface area contributed by atoms with Crippen molar-refractivity contribution in [1.29, 1.82) is 0 Å². The fourth-order valence-corrected chi connectivity index (χ4v) is 2.41. The van der Waals surface area contributed by atoms with Crippen LogP contribution in [0.25, 0.3) is 5.69 Å². The Morgan fingerprint density at radius 2 is 1.90 bits per heavy atom. The van der Waals surface area contributed by atoms with Crippen molar-refractivity contribution in [3.63, 3.8) is 0 Å². The number of aliphatic hydroxyl groups excluding tert-OH is 1. The molecule has 0 saturated heterocycles. The molecule has 5 heteroatoms. The van der Waals surface area contributed by atoms with Gasteiger partial charge in [0.05, 0.1) is 17.5 Å². The van der Waals surface area contributed by atoms with Gasteiger partial charge in [-0.3, -0.25) is 4.79 Å². The van der Waals surface area contributed by atoms with Gasteiger partial charge in [0.25, 0.3) is 0 Å². The Balaban J connectivity index is 2.32. The van der Waals surface area contributed by atoms with Crippen LogP contribution in [0, 0.1) is 13.8 Å². The molecule has 0 aliphatic rings. The summed E-state index contributed by atoms with van der Waals surface area (Å²) in [4.78, 5) is 10.7. The Kier molecular flexibility index (Phi) is 4.43. The molecule has 5 nitrogen and oxygen atoms in total. The Hall–Kier alpha value is -2.14. The van der Waals surface area contributed by atoms with Crippen molar-refractivity contribution in [2.24, 2.45) is 0 Å². The zero-order chi connectivity index (χ0) is 15.6. The summed E-state index contributed by atoms with van der Waals surface area (Å²) in [7, 11) is 0. The zero-order valence-electron chi connectivity index (χ0n) is 12.5. The smallest absolute Gasteiger partial charge is 0.303 e. The van der Waals surface area contributed by atoms with Gasteiger partial charge in [-0.15, -0.1) is 0 Å². The molecule has 0 saturated carbocycles. The molecule has 0 fully saturated rings. The summed E-state index contributed by atoms with van der Waals surface area (Å²) in [5, 5.41) is 22.8. The molecule has 0 bridgehead atoms. The molecule has 0 spiro atoms. The van der Waals surface area contributed by atoms with E-state index < -0.39 is 12.1 Å². The number of aryl methyl sites for hydroxylation is 1. The summed E-state index contributed by atoms with van der Waals surface area (Å²) in [6.07, 6.45) is 0.0956. The minimum atomic E-state index is -0.803. The van der Waals surface area contributed by atoms with E-state index in [9.17, 15) is 9.90 Å². The van der Waals surface area contributed by atoms with Crippen molar-refractivity contribution < 1.29 is 15.0 Å². The summed E-state index contributed by atoms with van der Waals surface area (Å²) in [5.74, 6) is -0.803. The van der Waals surface area contributed by atoms with Gasteiger partial charge in [0.2, 0.25) is 0 Å². The van der Waals surface area contributed by atoms with E-state index in [2.05, 4.69) is 5.10 Å². The third-order valence-electron chi connectivity index (χ3n) is 3.65. The van der Waals surface area contributed by atoms with Crippen molar-refractivity contribution in [2.45, 2.75) is 39.7 Å². The molecule has 2 N–H and O–H groups in total. The lowest BCUT2D eigenvalue weighted by molar-refractivity contribution is -0.136. The lowest BCUT2D eigenvalue weighted by Gasteiger charge is -2.08. The van der Waals surface area contributed by atoms with Crippen molar-refractivity contribution in [3.8, 4) is 5.69 Å². The average molecular weight is 288 g/mol. The van der Waals surface area contributed by atoms with E-state index >= 15 is 0 Å². The minimum absolute atomic E-state index is 0.105. The van der Waals surface area contributed by atoms with Gasteiger partial charge in [-0.05, 0) is 50.5 Å². The third-order valence-corrected chi connectivity index (χ3v) is 3.65. The fraction of sp³-hybridized carbons (Fsp3) is 0.375. The van der Waals surface area contributed by atoms with Gasteiger partial charge in [-0.1, -0.05) is 12.1 Å². The number of carboxylic acid groups (broad SMARTS) is 1. The first-order valence-electron chi connectivity index (χ1n) is 6.95. The van der Waals surface area contributed by atoms with E-state index in [0.717, 1.165) is 28.2 Å². The number of hydrogen-bond donors (Lipinski definition) is 2. The van der Waals surface area contributed by atoms with E-state index in [1.54, 1.807) is 6.92 Å². The van der Waals surface area contributed by atoms with E-state index in [4.69, 9.17) is 5.11 Å². The molecule has 1 aromatic heterocycles. The zero-order valence-corrected chi connectivity index (χ0v) is 12.5. The number of aromatic nitrogens is 2. The third kappa shape index (κ3) is 3.31. The van der Waals surface area contributed by atoms with Gasteiger partial charge >= 0.3 is 5.97 Å². The predicted octanol–water partition coefficient (Wildman–Crippen LogP) is 2.56. The molecule has 0 aliphatic heterocycles. The summed E-state index contributed by atoms with van der Waals surface area (Å²) < 4.78 is 1.82. The van der Waals surface area contributed by atoms with Gasteiger partial charge in [0.15, 0.2) is 0 Å². The lowest BCUT2D eigenvalue weighted by Crippen LogP contribution is -2.02. The molecule has 0 amide bonds. The molecule has 2 aromatic rings. The van der Waals surface area contributed by atoms with Crippen LogP contribution in [0.3, 0.4) is 0 Å². The number of rotatable bonds is 5. The van der Waals surface area contributed by atoms with Crippen LogP contribution in [0.1, 0.15) is 42.0 Å². The number of aliphatic hydroxyl groups is 1. The Bertz CT molecular complexity index is 642. The summed E-state index contributed by atoms with van der Waals surface area (Å²) in [6, 6.07) is 7.55. The van der Waals surface area contributed by atoms with Crippen LogP contribution in [0.5, 0.6) is 0 Å². The highest BCUT2D eigenvalue weighted by atomic mass is 16.4. The standard InChI is InChI=1S/C16H20N2O3/c1-10-15(8-9-16(20)21)11(2)18(17-10)14-6-4-13(5-7-14)12(3)19/h4-7,12,19H,8-9H2,1-3H3,(H,20,21)/t12-/m0/s1. The second-order valence-corrected chi connectivity index (χ2v) is 5.22. The largest absolute Gasteiger partial charge is 0.481 e.